The van der Waals surface area contributed by atoms with Crippen LogP contribution < -0.4 is 5.32 Å². The van der Waals surface area contributed by atoms with Crippen LogP contribution in [0.1, 0.15) is 50.8 Å². The highest BCUT2D eigenvalue weighted by Gasteiger charge is 2.27. The molecule has 1 saturated carbocycles. The van der Waals surface area contributed by atoms with E-state index in [1.54, 1.807) is 12.1 Å². The van der Waals surface area contributed by atoms with Gasteiger partial charge in [-0.15, -0.1) is 0 Å². The summed E-state index contributed by atoms with van der Waals surface area (Å²) in [5.74, 6) is 1.85. The van der Waals surface area contributed by atoms with Crippen LogP contribution in [0.3, 0.4) is 0 Å². The van der Waals surface area contributed by atoms with Gasteiger partial charge in [0.25, 0.3) is 0 Å². The summed E-state index contributed by atoms with van der Waals surface area (Å²) in [6, 6.07) is 6.04. The van der Waals surface area contributed by atoms with E-state index in [9.17, 15) is 9.18 Å². The molecule has 2 heterocycles. The molecule has 0 radical (unpaired) electrons. The Hall–Kier alpha value is -1.93. The molecule has 2 aromatic rings. The predicted octanol–water partition coefficient (Wildman–Crippen LogP) is 4.27. The summed E-state index contributed by atoms with van der Waals surface area (Å²) in [5, 5.41) is 7.93. The Morgan fingerprint density at radius 3 is 2.77 bits per heavy atom. The smallest absolute Gasteiger partial charge is 0.241 e. The summed E-state index contributed by atoms with van der Waals surface area (Å²) in [4.78, 5) is 19.3. The number of nitrogens with zero attached hydrogens (tertiary/aromatic N) is 3. The number of nitrogens with one attached hydrogen (secondary N) is 1. The van der Waals surface area contributed by atoms with Crippen LogP contribution in [-0.4, -0.2) is 51.6 Å². The summed E-state index contributed by atoms with van der Waals surface area (Å²) < 4.78 is 18.5. The van der Waals surface area contributed by atoms with E-state index in [0.717, 1.165) is 42.5 Å². The van der Waals surface area contributed by atoms with Crippen molar-refractivity contribution in [1.29, 1.82) is 0 Å². The standard InChI is InChI=1S/C23H31FN4O2S/c24-19-10-8-17(9-11-19)22-26-21(30-27-22)16-28-13-4-5-18(15-28)23(29)25-12-14-31-20-6-2-1-3-7-20/h8-11,18,20H,1-7,12-16H2,(H,25,29). The minimum Gasteiger partial charge on any atom is -0.355 e. The molecule has 2 fully saturated rings. The van der Waals surface area contributed by atoms with E-state index in [2.05, 4.69) is 20.4 Å². The molecule has 2 aliphatic rings. The van der Waals surface area contributed by atoms with Gasteiger partial charge in [0, 0.05) is 29.7 Å². The Bertz CT molecular complexity index is 838. The number of carbonyl (C=O) groups excluding carboxylic acids is 1. The van der Waals surface area contributed by atoms with Gasteiger partial charge in [0.2, 0.25) is 17.6 Å². The zero-order valence-electron chi connectivity index (χ0n) is 17.9. The van der Waals surface area contributed by atoms with Gasteiger partial charge >= 0.3 is 0 Å². The third-order valence-electron chi connectivity index (χ3n) is 6.11. The Labute approximate surface area is 187 Å². The Morgan fingerprint density at radius 1 is 1.16 bits per heavy atom. The maximum Gasteiger partial charge on any atom is 0.241 e. The van der Waals surface area contributed by atoms with Gasteiger partial charge in [-0.2, -0.15) is 16.7 Å². The first-order valence-corrected chi connectivity index (χ1v) is 12.4. The molecule has 1 N–H and O–H groups in total. The third kappa shape index (κ3) is 6.53. The lowest BCUT2D eigenvalue weighted by atomic mass is 9.97. The largest absolute Gasteiger partial charge is 0.355 e. The van der Waals surface area contributed by atoms with Crippen molar-refractivity contribution in [2.75, 3.05) is 25.4 Å². The second-order valence-corrected chi connectivity index (χ2v) is 9.92. The average molecular weight is 447 g/mol. The molecule has 6 nitrogen and oxygen atoms in total. The van der Waals surface area contributed by atoms with Crippen LogP contribution in [0.15, 0.2) is 28.8 Å². The number of likely N-dealkylation sites (tertiary alicyclic amines) is 1. The number of hydrogen-bond acceptors (Lipinski definition) is 6. The van der Waals surface area contributed by atoms with Crippen LogP contribution in [0.5, 0.6) is 0 Å². The molecular formula is C23H31FN4O2S. The second-order valence-electron chi connectivity index (χ2n) is 8.51. The maximum atomic E-state index is 13.1. The number of carbonyl (C=O) groups is 1. The number of benzene rings is 1. The van der Waals surface area contributed by atoms with Crippen molar-refractivity contribution in [2.45, 2.75) is 56.7 Å². The first-order valence-electron chi connectivity index (χ1n) is 11.4. The van der Waals surface area contributed by atoms with E-state index in [-0.39, 0.29) is 17.6 Å². The first kappa shape index (κ1) is 22.3. The van der Waals surface area contributed by atoms with Crippen LogP contribution in [0.25, 0.3) is 11.4 Å². The highest BCUT2D eigenvalue weighted by atomic mass is 32.2. The van der Waals surface area contributed by atoms with Crippen molar-refractivity contribution in [2.24, 2.45) is 5.92 Å². The molecule has 1 unspecified atom stereocenters. The Balaban J connectivity index is 1.21. The van der Waals surface area contributed by atoms with Gasteiger partial charge in [-0.3, -0.25) is 9.69 Å². The van der Waals surface area contributed by atoms with E-state index in [0.29, 0.717) is 24.8 Å². The number of thioether (sulfide) groups is 1. The van der Waals surface area contributed by atoms with Crippen LogP contribution in [-0.2, 0) is 11.3 Å². The van der Waals surface area contributed by atoms with Gasteiger partial charge in [0.1, 0.15) is 5.82 Å². The molecule has 1 atom stereocenters. The van der Waals surface area contributed by atoms with Gasteiger partial charge in [-0.05, 0) is 56.5 Å². The van der Waals surface area contributed by atoms with Crippen molar-refractivity contribution < 1.29 is 13.7 Å². The Morgan fingerprint density at radius 2 is 1.97 bits per heavy atom. The van der Waals surface area contributed by atoms with E-state index >= 15 is 0 Å². The van der Waals surface area contributed by atoms with Crippen LogP contribution in [0.4, 0.5) is 4.39 Å². The van der Waals surface area contributed by atoms with Gasteiger partial charge in [0.05, 0.1) is 12.5 Å². The van der Waals surface area contributed by atoms with E-state index < -0.39 is 0 Å². The van der Waals surface area contributed by atoms with Crippen molar-refractivity contribution in [1.82, 2.24) is 20.4 Å². The summed E-state index contributed by atoms with van der Waals surface area (Å²) >= 11 is 2.02. The van der Waals surface area contributed by atoms with Gasteiger partial charge < -0.3 is 9.84 Å². The maximum absolute atomic E-state index is 13.1. The fraction of sp³-hybridized carbons (Fsp3) is 0.609. The highest BCUT2D eigenvalue weighted by molar-refractivity contribution is 7.99. The average Bonchev–Trinajstić information content (AvgIpc) is 3.26. The SMILES string of the molecule is O=C(NCCSC1CCCCC1)C1CCCN(Cc2nc(-c3ccc(F)cc3)no2)C1. The molecule has 1 amide bonds. The minimum absolute atomic E-state index is 0.00733. The fourth-order valence-corrected chi connectivity index (χ4v) is 5.64. The molecule has 1 aliphatic heterocycles. The van der Waals surface area contributed by atoms with Crippen molar-refractivity contribution in [3.05, 3.63) is 36.0 Å². The molecule has 1 aromatic heterocycles. The summed E-state index contributed by atoms with van der Waals surface area (Å²) in [7, 11) is 0. The molecule has 1 aromatic carbocycles. The van der Waals surface area contributed by atoms with Crippen molar-refractivity contribution in [3.63, 3.8) is 0 Å². The fourth-order valence-electron chi connectivity index (χ4n) is 4.42. The topological polar surface area (TPSA) is 71.3 Å². The number of aromatic nitrogens is 2. The lowest BCUT2D eigenvalue weighted by Gasteiger charge is -2.31. The molecule has 168 valence electrons. The van der Waals surface area contributed by atoms with Crippen LogP contribution >= 0.6 is 11.8 Å². The Kier molecular flexibility index (Phi) is 7.97. The quantitative estimate of drug-likeness (QED) is 0.611. The summed E-state index contributed by atoms with van der Waals surface area (Å²) in [5.41, 5.74) is 0.721. The molecule has 0 bridgehead atoms. The van der Waals surface area contributed by atoms with Crippen LogP contribution in [0.2, 0.25) is 0 Å². The van der Waals surface area contributed by atoms with Gasteiger partial charge in [0.15, 0.2) is 0 Å². The lowest BCUT2D eigenvalue weighted by molar-refractivity contribution is -0.126. The summed E-state index contributed by atoms with van der Waals surface area (Å²) in [6.07, 6.45) is 8.64. The number of piperidine rings is 1. The minimum atomic E-state index is -0.294. The first-order chi connectivity index (χ1) is 15.2. The van der Waals surface area contributed by atoms with Gasteiger partial charge in [-0.1, -0.05) is 24.4 Å². The molecule has 31 heavy (non-hydrogen) atoms. The molecule has 4 rings (SSSR count). The van der Waals surface area contributed by atoms with Crippen LogP contribution in [0, 0.1) is 11.7 Å². The van der Waals surface area contributed by atoms with Gasteiger partial charge in [-0.25, -0.2) is 4.39 Å². The second kappa shape index (κ2) is 11.1. The van der Waals surface area contributed by atoms with E-state index in [4.69, 9.17) is 4.52 Å². The number of rotatable bonds is 8. The molecule has 8 heteroatoms. The van der Waals surface area contributed by atoms with Crippen molar-refractivity contribution in [3.8, 4) is 11.4 Å². The zero-order valence-corrected chi connectivity index (χ0v) is 18.7. The highest BCUT2D eigenvalue weighted by Crippen LogP contribution is 2.28. The van der Waals surface area contributed by atoms with E-state index in [1.807, 2.05) is 11.8 Å². The normalized spacial score (nSPS) is 20.6. The number of halogens is 1. The predicted molar refractivity (Wildman–Crippen MR) is 120 cm³/mol. The molecule has 1 aliphatic carbocycles. The zero-order chi connectivity index (χ0) is 21.5. The monoisotopic (exact) mass is 446 g/mol. The lowest BCUT2D eigenvalue weighted by Crippen LogP contribution is -2.43. The van der Waals surface area contributed by atoms with Crippen molar-refractivity contribution >= 4 is 17.7 Å². The molecule has 0 spiro atoms. The summed E-state index contributed by atoms with van der Waals surface area (Å²) in [6.45, 7) is 2.89. The van der Waals surface area contributed by atoms with E-state index in [1.165, 1.54) is 44.2 Å². The third-order valence-corrected chi connectivity index (χ3v) is 7.50. The molecular weight excluding hydrogens is 415 g/mol. The number of hydrogen-bond donors (Lipinski definition) is 1. The number of amides is 1. The molecule has 1 saturated heterocycles.